The minimum atomic E-state index is -1.32. The number of Topliss-reactive ketones (excluding diaryl/α,β-unsaturated/α-hetero) is 1. The van der Waals surface area contributed by atoms with Gasteiger partial charge in [-0.2, -0.15) is 10.5 Å². The van der Waals surface area contributed by atoms with E-state index in [9.17, 15) is 15.3 Å². The summed E-state index contributed by atoms with van der Waals surface area (Å²) in [6.45, 7) is 1.54. The molecule has 1 fully saturated rings. The molecule has 4 nitrogen and oxygen atoms in total. The first-order chi connectivity index (χ1) is 12.1. The van der Waals surface area contributed by atoms with E-state index in [2.05, 4.69) is 12.1 Å². The summed E-state index contributed by atoms with van der Waals surface area (Å²) < 4.78 is 0. The highest BCUT2D eigenvalue weighted by molar-refractivity contribution is 7.10. The number of hydrogen-bond donors (Lipinski definition) is 0. The van der Waals surface area contributed by atoms with E-state index in [1.54, 1.807) is 6.92 Å². The Kier molecular flexibility index (Phi) is 3.49. The van der Waals surface area contributed by atoms with E-state index >= 15 is 0 Å². The molecular weight excluding hydrogens is 330 g/mol. The molecule has 5 heteroatoms. The van der Waals surface area contributed by atoms with Crippen molar-refractivity contribution in [2.24, 2.45) is 5.41 Å². The molecule has 1 saturated heterocycles. The van der Waals surface area contributed by atoms with Crippen molar-refractivity contribution in [2.45, 2.75) is 24.9 Å². The lowest BCUT2D eigenvalue weighted by molar-refractivity contribution is -0.121. The molecule has 3 atom stereocenters. The number of benzene rings is 1. The van der Waals surface area contributed by atoms with Gasteiger partial charge in [0.1, 0.15) is 0 Å². The maximum atomic E-state index is 12.5. The fourth-order valence-electron chi connectivity index (χ4n) is 4.23. The number of nitriles is 2. The summed E-state index contributed by atoms with van der Waals surface area (Å²) in [5.74, 6) is -0.499. The Morgan fingerprint density at radius 1 is 1.20 bits per heavy atom. The number of rotatable bonds is 2. The van der Waals surface area contributed by atoms with Crippen molar-refractivity contribution in [1.82, 2.24) is 4.90 Å². The predicted molar refractivity (Wildman–Crippen MR) is 95.2 cm³/mol. The predicted octanol–water partition coefficient (Wildman–Crippen LogP) is 3.86. The topological polar surface area (TPSA) is 67.9 Å². The zero-order valence-corrected chi connectivity index (χ0v) is 14.4. The molecule has 0 saturated carbocycles. The van der Waals surface area contributed by atoms with E-state index < -0.39 is 23.4 Å². The van der Waals surface area contributed by atoms with Crippen molar-refractivity contribution in [1.29, 1.82) is 10.5 Å². The second-order valence-electron chi connectivity index (χ2n) is 6.44. The molecule has 0 spiro atoms. The number of thiophene rings is 1. The molecule has 0 amide bonds. The normalized spacial score (nSPS) is 25.6. The van der Waals surface area contributed by atoms with Crippen LogP contribution in [0.15, 0.2) is 48.0 Å². The molecule has 0 radical (unpaired) electrons. The molecule has 2 aliphatic heterocycles. The summed E-state index contributed by atoms with van der Waals surface area (Å²) in [5, 5.41) is 22.2. The lowest BCUT2D eigenvalue weighted by atomic mass is 9.70. The van der Waals surface area contributed by atoms with Crippen LogP contribution in [0.4, 0.5) is 0 Å². The van der Waals surface area contributed by atoms with Gasteiger partial charge in [0.15, 0.2) is 11.2 Å². The van der Waals surface area contributed by atoms with Crippen molar-refractivity contribution in [3.05, 3.63) is 64.0 Å². The molecule has 0 bridgehead atoms. The van der Waals surface area contributed by atoms with E-state index in [0.717, 1.165) is 16.0 Å². The van der Waals surface area contributed by atoms with Gasteiger partial charge in [0, 0.05) is 11.1 Å². The molecular formula is C20H15N3OS. The Hall–Kier alpha value is -2.89. The van der Waals surface area contributed by atoms with Gasteiger partial charge in [-0.15, -0.1) is 11.3 Å². The quantitative estimate of drug-likeness (QED) is 0.829. The second kappa shape index (κ2) is 5.58. The van der Waals surface area contributed by atoms with Crippen LogP contribution in [0.25, 0.3) is 6.08 Å². The maximum absolute atomic E-state index is 12.5. The first kappa shape index (κ1) is 15.6. The Morgan fingerprint density at radius 2 is 1.96 bits per heavy atom. The van der Waals surface area contributed by atoms with Gasteiger partial charge in [-0.25, -0.2) is 0 Å². The molecule has 4 rings (SSSR count). The van der Waals surface area contributed by atoms with Crippen LogP contribution in [-0.4, -0.2) is 16.7 Å². The van der Waals surface area contributed by atoms with Crippen LogP contribution < -0.4 is 0 Å². The van der Waals surface area contributed by atoms with Crippen LogP contribution in [0.1, 0.15) is 34.9 Å². The first-order valence-electron chi connectivity index (χ1n) is 8.05. The van der Waals surface area contributed by atoms with Gasteiger partial charge in [0.25, 0.3) is 0 Å². The van der Waals surface area contributed by atoms with Gasteiger partial charge in [-0.1, -0.05) is 30.3 Å². The summed E-state index contributed by atoms with van der Waals surface area (Å²) >= 11 is 1.50. The van der Waals surface area contributed by atoms with E-state index in [1.807, 2.05) is 59.0 Å². The Bertz CT molecular complexity index is 934. The Morgan fingerprint density at radius 3 is 2.60 bits per heavy atom. The van der Waals surface area contributed by atoms with Gasteiger partial charge in [-0.05, 0) is 35.6 Å². The Labute approximate surface area is 150 Å². The minimum Gasteiger partial charge on any atom is -0.357 e. The largest absolute Gasteiger partial charge is 0.357 e. The van der Waals surface area contributed by atoms with Crippen molar-refractivity contribution in [3.8, 4) is 12.1 Å². The van der Waals surface area contributed by atoms with E-state index in [4.69, 9.17) is 0 Å². The second-order valence-corrected chi connectivity index (χ2v) is 7.41. The number of fused-ring (bicyclic) bond motifs is 3. The third kappa shape index (κ3) is 2.00. The lowest BCUT2D eigenvalue weighted by Gasteiger charge is -2.34. The van der Waals surface area contributed by atoms with Gasteiger partial charge in [-0.3, -0.25) is 4.79 Å². The monoisotopic (exact) mass is 345 g/mol. The average Bonchev–Trinajstić information content (AvgIpc) is 3.25. The Balaban J connectivity index is 2.02. The van der Waals surface area contributed by atoms with Gasteiger partial charge in [0.05, 0.1) is 30.1 Å². The molecule has 25 heavy (non-hydrogen) atoms. The molecule has 0 unspecified atom stereocenters. The summed E-state index contributed by atoms with van der Waals surface area (Å²) in [5.41, 5.74) is 0.605. The number of carbonyl (C=O) groups excluding carboxylic acids is 1. The molecule has 0 aliphatic carbocycles. The van der Waals surface area contributed by atoms with Gasteiger partial charge in [0.2, 0.25) is 0 Å². The summed E-state index contributed by atoms with van der Waals surface area (Å²) in [4.78, 5) is 15.4. The number of nitrogens with zero attached hydrogens (tertiary/aromatic N) is 3. The fourth-order valence-corrected chi connectivity index (χ4v) is 5.16. The van der Waals surface area contributed by atoms with E-state index in [0.29, 0.717) is 0 Å². The molecule has 2 aliphatic rings. The van der Waals surface area contributed by atoms with Crippen LogP contribution in [0.2, 0.25) is 0 Å². The van der Waals surface area contributed by atoms with Crippen LogP contribution >= 0.6 is 11.3 Å². The summed E-state index contributed by atoms with van der Waals surface area (Å²) in [6.07, 6.45) is 3.83. The van der Waals surface area contributed by atoms with Crippen molar-refractivity contribution >= 4 is 23.2 Å². The fraction of sp³-hybridized carbons (Fsp3) is 0.250. The molecule has 1 aromatic carbocycles. The van der Waals surface area contributed by atoms with Gasteiger partial charge >= 0.3 is 0 Å². The molecule has 2 aromatic rings. The minimum absolute atomic E-state index is 0.0280. The number of carbonyl (C=O) groups is 1. The highest BCUT2D eigenvalue weighted by Crippen LogP contribution is 2.60. The summed E-state index contributed by atoms with van der Waals surface area (Å²) in [7, 11) is 0. The number of ketones is 1. The average molecular weight is 345 g/mol. The number of hydrogen-bond acceptors (Lipinski definition) is 5. The third-order valence-electron chi connectivity index (χ3n) is 5.21. The first-order valence-corrected chi connectivity index (χ1v) is 8.93. The van der Waals surface area contributed by atoms with Crippen molar-refractivity contribution < 1.29 is 4.79 Å². The molecule has 0 N–H and O–H groups in total. The zero-order valence-electron chi connectivity index (χ0n) is 13.6. The standard InChI is InChI=1S/C20H15N3OS/c1-13(24)18-17(16-7-4-10-25-16)20(11-21,12-22)19-15-6-3-2-5-14(15)8-9-23(18)19/h2-10,17-19H,1H3/t17-,18-,19-/m0/s1. The SMILES string of the molecule is CC(=O)[C@H]1[C@H](c2cccs2)C(C#N)(C#N)[C@@H]2c3ccccc3C=CN21. The highest BCUT2D eigenvalue weighted by atomic mass is 32.1. The van der Waals surface area contributed by atoms with Crippen LogP contribution in [0.3, 0.4) is 0 Å². The molecule has 122 valence electrons. The van der Waals surface area contributed by atoms with Crippen molar-refractivity contribution in [3.63, 3.8) is 0 Å². The summed E-state index contributed by atoms with van der Waals surface area (Å²) in [6, 6.07) is 15.2. The van der Waals surface area contributed by atoms with E-state index in [-0.39, 0.29) is 5.78 Å². The third-order valence-corrected chi connectivity index (χ3v) is 6.17. The highest BCUT2D eigenvalue weighted by Gasteiger charge is 2.63. The molecule has 3 heterocycles. The van der Waals surface area contributed by atoms with Gasteiger partial charge < -0.3 is 4.90 Å². The molecule has 1 aromatic heterocycles. The van der Waals surface area contributed by atoms with Crippen molar-refractivity contribution in [2.75, 3.05) is 0 Å². The lowest BCUT2D eigenvalue weighted by Crippen LogP contribution is -2.36. The van der Waals surface area contributed by atoms with E-state index in [1.165, 1.54) is 11.3 Å². The zero-order chi connectivity index (χ0) is 17.6. The van der Waals surface area contributed by atoms with Crippen LogP contribution in [0, 0.1) is 28.1 Å². The maximum Gasteiger partial charge on any atom is 0.178 e. The smallest absolute Gasteiger partial charge is 0.178 e. The van der Waals surface area contributed by atoms with Crippen LogP contribution in [0.5, 0.6) is 0 Å². The van der Waals surface area contributed by atoms with Crippen LogP contribution in [-0.2, 0) is 4.79 Å².